The molecule has 6 aliphatic rings. The molecule has 29 rings (SSSR count). The molecule has 9 nitrogen and oxygen atoms in total. The normalized spacial score (nSPS) is 13.7. The van der Waals surface area contributed by atoms with Crippen molar-refractivity contribution in [3.63, 3.8) is 0 Å². The van der Waals surface area contributed by atoms with E-state index in [1.54, 1.807) is 0 Å². The van der Waals surface area contributed by atoms with Gasteiger partial charge >= 0.3 is 0 Å². The van der Waals surface area contributed by atoms with E-state index < -0.39 is 0 Å². The van der Waals surface area contributed by atoms with Crippen LogP contribution >= 0.6 is 0 Å². The number of anilines is 18. The van der Waals surface area contributed by atoms with Crippen molar-refractivity contribution >= 4 is 253 Å². The van der Waals surface area contributed by atoms with Gasteiger partial charge in [-0.25, -0.2) is 0 Å². The average molecular weight is 1600 g/mol. The van der Waals surface area contributed by atoms with Crippen molar-refractivity contribution < 1.29 is 0 Å². The van der Waals surface area contributed by atoms with Gasteiger partial charge in [-0.05, 0) is 213 Å². The summed E-state index contributed by atoms with van der Waals surface area (Å²) in [5, 5.41) is 9.70. The Bertz CT molecular complexity index is 8500. The number of rotatable bonds is 8. The van der Waals surface area contributed by atoms with E-state index in [9.17, 15) is 0 Å². The zero-order chi connectivity index (χ0) is 81.8. The number of nitrogens with zero attached hydrogens (tertiary/aromatic N) is 9. The van der Waals surface area contributed by atoms with Crippen LogP contribution in [0.3, 0.4) is 0 Å². The topological polar surface area (TPSA) is 33.7 Å². The lowest BCUT2D eigenvalue weighted by Crippen LogP contribution is -2.61. The van der Waals surface area contributed by atoms with Crippen molar-refractivity contribution in [3.8, 4) is 11.4 Å². The maximum absolute atomic E-state index is 2.73. The minimum absolute atomic E-state index is 0.192. The highest BCUT2D eigenvalue weighted by Crippen LogP contribution is 2.56. The number of fused-ring (bicyclic) bond motifs is 25. The van der Waals surface area contributed by atoms with Crippen LogP contribution in [0.5, 0.6) is 0 Å². The summed E-state index contributed by atoms with van der Waals surface area (Å²) < 4.78 is 7.76. The van der Waals surface area contributed by atoms with Gasteiger partial charge in [0.15, 0.2) is 0 Å². The molecular weight excluding hydrogens is 1530 g/mol. The van der Waals surface area contributed by atoms with Gasteiger partial charge in [0.05, 0.1) is 55.7 Å². The van der Waals surface area contributed by atoms with E-state index >= 15 is 0 Å². The molecule has 0 spiro atoms. The first-order valence-electron chi connectivity index (χ1n) is 43.8. The Morgan fingerprint density at radius 1 is 0.159 bits per heavy atom. The first kappa shape index (κ1) is 68.2. The number of aromatic nitrogens is 3. The molecule has 10 heterocycles. The molecule has 580 valence electrons. The molecule has 19 aromatic carbocycles. The van der Waals surface area contributed by atoms with Gasteiger partial charge in [-0.15, -0.1) is 0 Å². The van der Waals surface area contributed by atoms with E-state index in [2.05, 4.69) is 468 Å². The zero-order valence-corrected chi connectivity index (χ0v) is 68.2. The van der Waals surface area contributed by atoms with Crippen molar-refractivity contribution in [3.05, 3.63) is 425 Å². The van der Waals surface area contributed by atoms with E-state index in [0.717, 1.165) is 130 Å². The number of benzene rings is 19. The minimum atomic E-state index is -0.229. The number of hydrogen-bond donors (Lipinski definition) is 0. The molecule has 0 atom stereocenters. The lowest BCUT2D eigenvalue weighted by atomic mass is 9.33. The van der Waals surface area contributed by atoms with E-state index in [0.29, 0.717) is 0 Å². The van der Waals surface area contributed by atoms with Gasteiger partial charge in [-0.2, -0.15) is 0 Å². The van der Waals surface area contributed by atoms with Gasteiger partial charge in [-0.3, -0.25) is 0 Å². The fourth-order valence-electron chi connectivity index (χ4n) is 23.6. The second-order valence-electron chi connectivity index (χ2n) is 34.5. The Hall–Kier alpha value is -16.4. The molecule has 0 N–H and O–H groups in total. The van der Waals surface area contributed by atoms with Crippen LogP contribution in [-0.2, 0) is 0 Å². The molecule has 0 unspecified atom stereocenters. The third-order valence-electron chi connectivity index (χ3n) is 28.3. The van der Waals surface area contributed by atoms with Crippen molar-refractivity contribution in [2.45, 2.75) is 0 Å². The van der Waals surface area contributed by atoms with Crippen molar-refractivity contribution in [2.24, 2.45) is 0 Å². The van der Waals surface area contributed by atoms with Crippen molar-refractivity contribution in [1.82, 2.24) is 13.5 Å². The highest BCUT2D eigenvalue weighted by atomic mass is 15.2. The Morgan fingerprint density at radius 2 is 0.437 bits per heavy atom. The largest absolute Gasteiger partial charge is 0.311 e. The van der Waals surface area contributed by atoms with E-state index in [1.807, 2.05) is 0 Å². The fourth-order valence-corrected chi connectivity index (χ4v) is 23.6. The van der Waals surface area contributed by atoms with Gasteiger partial charge in [0.25, 0.3) is 20.1 Å². The Kier molecular flexibility index (Phi) is 13.9. The second-order valence-corrected chi connectivity index (χ2v) is 34.5. The SMILES string of the molecule is c1ccc(N2c3ccccc3B3c4cc5c6cc7c(c8c9cc%10c(cc9n(c5cc4N(c4ccccc4)c4cc(-n5c9ccccc9c9ccccc95)cc2c43)c68)N(c2ccccc2)c2cc(-n3c4ccccc4c4ccccc43)cc3c2B%10c2ccccc2N3c2ccccc2)N(c2ccccc2)c2cccc3c2B7c2ccccc2N3c2ccccc2)cc1. The van der Waals surface area contributed by atoms with Crippen LogP contribution in [0.1, 0.15) is 0 Å². The highest BCUT2D eigenvalue weighted by Gasteiger charge is 2.50. The van der Waals surface area contributed by atoms with E-state index in [-0.39, 0.29) is 20.1 Å². The molecule has 0 radical (unpaired) electrons. The summed E-state index contributed by atoms with van der Waals surface area (Å²) in [6, 6.07) is 161. The smallest absolute Gasteiger partial charge is 0.252 e. The molecule has 4 aromatic heterocycles. The fraction of sp³-hybridized carbons (Fsp3) is 0. The number of hydrogen-bond acceptors (Lipinski definition) is 6. The van der Waals surface area contributed by atoms with E-state index in [4.69, 9.17) is 0 Å². The number of para-hydroxylation sites is 13. The minimum Gasteiger partial charge on any atom is -0.311 e. The van der Waals surface area contributed by atoms with Crippen LogP contribution < -0.4 is 78.6 Å². The van der Waals surface area contributed by atoms with Gasteiger partial charge in [-0.1, -0.05) is 261 Å². The summed E-state index contributed by atoms with van der Waals surface area (Å²) in [5.41, 5.74) is 42.0. The quantitative estimate of drug-likeness (QED) is 0.141. The summed E-state index contributed by atoms with van der Waals surface area (Å²) in [6.45, 7) is -0.628. The molecule has 0 saturated heterocycles. The maximum atomic E-state index is 2.73. The molecule has 0 aliphatic carbocycles. The molecule has 0 bridgehead atoms. The van der Waals surface area contributed by atoms with Gasteiger partial charge in [0.1, 0.15) is 0 Å². The standard InChI is InChI=1S/C114H70B3N9/c1-7-34-71(35-8-1)118-96-57-30-25-52-88(96)117-91-67-84-83-66-89-103(121(74-40-13-4-14-41-74)107-64-77(123-92-53-26-19-46-79(92)80-47-20-27-54-93(80)123)62-105-111(107)115(89)86-50-23-31-58-97(86)119(105)72-36-9-2-10-37-72)69-101(83)126-102-70-104-90(68-85(102)109(113(84)126)114(91)125(76-44-17-6-18-45-76)100-61-33-60-99(118)110(100)117)116-87-51-24-32-59-98(87)120(73-38-11-3-12-39-73)106-63-78(65-108(112(106)116)122(104)75-42-15-5-16-43-75)124-94-55-28-21-48-81(94)82-49-22-29-56-95(82)124/h1-70H. The Labute approximate surface area is 727 Å². The van der Waals surface area contributed by atoms with Crippen LogP contribution in [0.15, 0.2) is 425 Å². The molecule has 0 saturated carbocycles. The molecule has 0 amide bonds. The van der Waals surface area contributed by atoms with Crippen LogP contribution in [0.2, 0.25) is 0 Å². The van der Waals surface area contributed by atoms with Crippen LogP contribution in [0.25, 0.3) is 93.1 Å². The van der Waals surface area contributed by atoms with Crippen molar-refractivity contribution in [1.29, 1.82) is 0 Å². The summed E-state index contributed by atoms with van der Waals surface area (Å²) in [4.78, 5) is 15.5. The first-order valence-corrected chi connectivity index (χ1v) is 43.8. The van der Waals surface area contributed by atoms with Crippen LogP contribution in [0, 0.1) is 0 Å². The molecule has 6 aliphatic heterocycles. The molecule has 23 aromatic rings. The van der Waals surface area contributed by atoms with Gasteiger partial charge in [0.2, 0.25) is 0 Å². The molecular formula is C114H70B3N9. The lowest BCUT2D eigenvalue weighted by molar-refractivity contribution is 1.16. The summed E-state index contributed by atoms with van der Waals surface area (Å²) in [5.74, 6) is 0. The van der Waals surface area contributed by atoms with Gasteiger partial charge in [0, 0.05) is 140 Å². The average Bonchev–Trinajstić information content (AvgIpc) is 1.47. The summed E-state index contributed by atoms with van der Waals surface area (Å²) in [6.07, 6.45) is 0. The van der Waals surface area contributed by atoms with Gasteiger partial charge < -0.3 is 42.9 Å². The highest BCUT2D eigenvalue weighted by molar-refractivity contribution is 7.02. The second kappa shape index (κ2) is 25.6. The predicted molar refractivity (Wildman–Crippen MR) is 532 cm³/mol. The first-order chi connectivity index (χ1) is 62.6. The van der Waals surface area contributed by atoms with Crippen LogP contribution in [0.4, 0.5) is 102 Å². The monoisotopic (exact) mass is 1600 g/mol. The Morgan fingerprint density at radius 3 is 0.825 bits per heavy atom. The summed E-state index contributed by atoms with van der Waals surface area (Å²) >= 11 is 0. The summed E-state index contributed by atoms with van der Waals surface area (Å²) in [7, 11) is 0. The third-order valence-corrected chi connectivity index (χ3v) is 28.3. The predicted octanol–water partition coefficient (Wildman–Crippen LogP) is 23.3. The lowest BCUT2D eigenvalue weighted by Gasteiger charge is -2.45. The van der Waals surface area contributed by atoms with Crippen LogP contribution in [-0.4, -0.2) is 33.7 Å². The molecule has 126 heavy (non-hydrogen) atoms. The molecule has 12 heteroatoms. The zero-order valence-electron chi connectivity index (χ0n) is 68.2. The Balaban J connectivity index is 0.784. The van der Waals surface area contributed by atoms with E-state index in [1.165, 1.54) is 115 Å². The van der Waals surface area contributed by atoms with Crippen molar-refractivity contribution in [2.75, 3.05) is 29.4 Å². The third kappa shape index (κ3) is 9.09. The molecule has 0 fully saturated rings. The maximum Gasteiger partial charge on any atom is 0.252 e.